The molecule has 0 saturated carbocycles. The van der Waals surface area contributed by atoms with Crippen molar-refractivity contribution in [3.05, 3.63) is 11.8 Å². The largest absolute Gasteiger partial charge is 0.404 e. The van der Waals surface area contributed by atoms with Gasteiger partial charge in [-0.1, -0.05) is 0 Å². The lowest BCUT2D eigenvalue weighted by Gasteiger charge is -1.89. The van der Waals surface area contributed by atoms with Crippen molar-refractivity contribution in [1.82, 2.24) is 5.16 Å². The Morgan fingerprint density at radius 3 is 2.90 bits per heavy atom. The van der Waals surface area contributed by atoms with E-state index in [2.05, 4.69) is 14.4 Å². The Morgan fingerprint density at radius 1 is 1.80 bits per heavy atom. The molecule has 0 atom stereocenters. The Hall–Kier alpha value is -1.32. The van der Waals surface area contributed by atoms with Gasteiger partial charge in [0.15, 0.2) is 0 Å². The maximum absolute atomic E-state index is 10.3. The molecule has 10 heavy (non-hydrogen) atoms. The smallest absolute Gasteiger partial charge is 0.309 e. The van der Waals surface area contributed by atoms with E-state index < -0.39 is 5.97 Å². The number of carbonyl (C=O) groups is 1. The number of aromatic nitrogens is 1. The first kappa shape index (κ1) is 6.80. The lowest BCUT2D eigenvalue weighted by Crippen LogP contribution is -2.00. The molecule has 0 radical (unpaired) electrons. The quantitative estimate of drug-likeness (QED) is 0.545. The number of hydrogen-bond donors (Lipinski definition) is 0. The van der Waals surface area contributed by atoms with Crippen LogP contribution in [-0.2, 0) is 4.79 Å². The molecule has 4 heteroatoms. The van der Waals surface area contributed by atoms with E-state index in [-0.39, 0.29) is 5.88 Å². The van der Waals surface area contributed by atoms with E-state index in [1.54, 1.807) is 13.0 Å². The zero-order valence-electron chi connectivity index (χ0n) is 5.75. The van der Waals surface area contributed by atoms with E-state index in [1.165, 1.54) is 6.92 Å². The fraction of sp³-hybridized carbons (Fsp3) is 0.333. The van der Waals surface area contributed by atoms with Crippen LogP contribution in [0.5, 0.6) is 5.88 Å². The second kappa shape index (κ2) is 2.51. The number of carbonyl (C=O) groups excluding carboxylic acids is 1. The Labute approximate surface area is 57.8 Å². The standard InChI is InChI=1S/C6H7NO3/c1-4-3-6(7-10-4)9-5(2)8/h3H,1-2H3. The highest BCUT2D eigenvalue weighted by molar-refractivity contribution is 5.68. The van der Waals surface area contributed by atoms with Gasteiger partial charge in [0, 0.05) is 13.0 Å². The zero-order chi connectivity index (χ0) is 7.56. The Morgan fingerprint density at radius 2 is 2.50 bits per heavy atom. The molecule has 0 N–H and O–H groups in total. The molecule has 1 aromatic rings. The molecule has 0 saturated heterocycles. The van der Waals surface area contributed by atoms with Crippen LogP contribution in [0.15, 0.2) is 10.6 Å². The summed E-state index contributed by atoms with van der Waals surface area (Å²) in [5, 5.41) is 3.44. The van der Waals surface area contributed by atoms with Crippen LogP contribution in [0.25, 0.3) is 0 Å². The molecular weight excluding hydrogens is 134 g/mol. The van der Waals surface area contributed by atoms with Crippen molar-refractivity contribution in [2.45, 2.75) is 13.8 Å². The number of esters is 1. The highest BCUT2D eigenvalue weighted by atomic mass is 16.6. The molecule has 0 bridgehead atoms. The molecule has 0 fully saturated rings. The first-order chi connectivity index (χ1) is 4.68. The fourth-order valence-corrected chi connectivity index (χ4v) is 0.539. The summed E-state index contributed by atoms with van der Waals surface area (Å²) < 4.78 is 9.23. The average molecular weight is 141 g/mol. The molecule has 0 spiro atoms. The minimum Gasteiger partial charge on any atom is -0.404 e. The van der Waals surface area contributed by atoms with Crippen LogP contribution in [-0.4, -0.2) is 11.1 Å². The topological polar surface area (TPSA) is 52.3 Å². The van der Waals surface area contributed by atoms with Crippen LogP contribution in [0.2, 0.25) is 0 Å². The predicted octanol–water partition coefficient (Wildman–Crippen LogP) is 0.908. The van der Waals surface area contributed by atoms with Gasteiger partial charge in [0.2, 0.25) is 0 Å². The molecule has 1 rings (SSSR count). The third kappa shape index (κ3) is 1.58. The van der Waals surface area contributed by atoms with Crippen molar-refractivity contribution in [1.29, 1.82) is 0 Å². The van der Waals surface area contributed by atoms with E-state index in [0.717, 1.165) is 0 Å². The highest BCUT2D eigenvalue weighted by Gasteiger charge is 2.02. The third-order valence-electron chi connectivity index (χ3n) is 0.855. The van der Waals surface area contributed by atoms with Gasteiger partial charge in [-0.05, 0) is 12.1 Å². The van der Waals surface area contributed by atoms with E-state index in [9.17, 15) is 4.79 Å². The number of rotatable bonds is 1. The summed E-state index contributed by atoms with van der Waals surface area (Å²) in [5.74, 6) is 0.439. The van der Waals surface area contributed by atoms with Crippen molar-refractivity contribution < 1.29 is 14.1 Å². The molecule has 0 aliphatic heterocycles. The minimum atomic E-state index is -0.395. The van der Waals surface area contributed by atoms with Crippen molar-refractivity contribution in [2.24, 2.45) is 0 Å². The molecular formula is C6H7NO3. The van der Waals surface area contributed by atoms with E-state index in [4.69, 9.17) is 0 Å². The summed E-state index contributed by atoms with van der Waals surface area (Å²) in [6, 6.07) is 1.54. The highest BCUT2D eigenvalue weighted by Crippen LogP contribution is 2.09. The van der Waals surface area contributed by atoms with Crippen molar-refractivity contribution in [3.8, 4) is 5.88 Å². The Balaban J connectivity index is 2.67. The fourth-order valence-electron chi connectivity index (χ4n) is 0.539. The lowest BCUT2D eigenvalue weighted by atomic mass is 10.5. The maximum Gasteiger partial charge on any atom is 0.309 e. The number of aryl methyl sites for hydroxylation is 1. The second-order valence-corrected chi connectivity index (χ2v) is 1.87. The van der Waals surface area contributed by atoms with Gasteiger partial charge in [-0.25, -0.2) is 0 Å². The van der Waals surface area contributed by atoms with Gasteiger partial charge in [0.05, 0.1) is 0 Å². The number of ether oxygens (including phenoxy) is 1. The van der Waals surface area contributed by atoms with Crippen LogP contribution in [0.1, 0.15) is 12.7 Å². The lowest BCUT2D eigenvalue weighted by molar-refractivity contribution is -0.132. The van der Waals surface area contributed by atoms with Crippen LogP contribution < -0.4 is 4.74 Å². The minimum absolute atomic E-state index is 0.213. The van der Waals surface area contributed by atoms with Crippen molar-refractivity contribution in [3.63, 3.8) is 0 Å². The van der Waals surface area contributed by atoms with Gasteiger partial charge in [-0.15, -0.1) is 0 Å². The van der Waals surface area contributed by atoms with E-state index in [0.29, 0.717) is 5.76 Å². The molecule has 0 aliphatic rings. The Kier molecular flexibility index (Phi) is 1.71. The first-order valence-corrected chi connectivity index (χ1v) is 2.80. The van der Waals surface area contributed by atoms with Gasteiger partial charge in [-0.2, -0.15) is 0 Å². The molecule has 0 aliphatic carbocycles. The SMILES string of the molecule is CC(=O)Oc1cc(C)on1. The third-order valence-corrected chi connectivity index (χ3v) is 0.855. The van der Waals surface area contributed by atoms with Crippen molar-refractivity contribution in [2.75, 3.05) is 0 Å². The summed E-state index contributed by atoms with van der Waals surface area (Å²) in [5.41, 5.74) is 0. The van der Waals surface area contributed by atoms with Crippen molar-refractivity contribution >= 4 is 5.97 Å². The monoisotopic (exact) mass is 141 g/mol. The molecule has 4 nitrogen and oxygen atoms in total. The Bertz CT molecular complexity index is 241. The first-order valence-electron chi connectivity index (χ1n) is 2.80. The summed E-state index contributed by atoms with van der Waals surface area (Å²) >= 11 is 0. The summed E-state index contributed by atoms with van der Waals surface area (Å²) in [6.07, 6.45) is 0. The number of nitrogens with zero attached hydrogens (tertiary/aromatic N) is 1. The summed E-state index contributed by atoms with van der Waals surface area (Å²) in [4.78, 5) is 10.3. The summed E-state index contributed by atoms with van der Waals surface area (Å²) in [6.45, 7) is 3.03. The van der Waals surface area contributed by atoms with Gasteiger partial charge in [0.1, 0.15) is 5.76 Å². The van der Waals surface area contributed by atoms with Gasteiger partial charge in [-0.3, -0.25) is 4.79 Å². The summed E-state index contributed by atoms with van der Waals surface area (Å²) in [7, 11) is 0. The van der Waals surface area contributed by atoms with E-state index in [1.807, 2.05) is 0 Å². The van der Waals surface area contributed by atoms with Crippen LogP contribution in [0, 0.1) is 6.92 Å². The van der Waals surface area contributed by atoms with Crippen LogP contribution in [0.3, 0.4) is 0 Å². The zero-order valence-corrected chi connectivity index (χ0v) is 5.75. The predicted molar refractivity (Wildman–Crippen MR) is 32.5 cm³/mol. The molecule has 0 unspecified atom stereocenters. The van der Waals surface area contributed by atoms with Gasteiger partial charge >= 0.3 is 5.97 Å². The molecule has 0 aromatic carbocycles. The molecule has 1 heterocycles. The van der Waals surface area contributed by atoms with Crippen LogP contribution >= 0.6 is 0 Å². The van der Waals surface area contributed by atoms with Gasteiger partial charge in [0.25, 0.3) is 5.88 Å². The average Bonchev–Trinajstić information content (AvgIpc) is 2.13. The van der Waals surface area contributed by atoms with Crippen LogP contribution in [0.4, 0.5) is 0 Å². The molecule has 0 amide bonds. The molecule has 54 valence electrons. The second-order valence-electron chi connectivity index (χ2n) is 1.87. The maximum atomic E-state index is 10.3. The van der Waals surface area contributed by atoms with E-state index >= 15 is 0 Å². The molecule has 1 aromatic heterocycles. The van der Waals surface area contributed by atoms with Gasteiger partial charge < -0.3 is 9.26 Å². The normalized spacial score (nSPS) is 9.40. The number of hydrogen-bond acceptors (Lipinski definition) is 4.